The summed E-state index contributed by atoms with van der Waals surface area (Å²) in [7, 11) is 0. The molecule has 0 atom stereocenters. The maximum atomic E-state index is 10.7. The summed E-state index contributed by atoms with van der Waals surface area (Å²) >= 11 is 0. The Morgan fingerprint density at radius 1 is 1.17 bits per heavy atom. The zero-order valence-electron chi connectivity index (χ0n) is 12.9. The van der Waals surface area contributed by atoms with Crippen LogP contribution in [0.3, 0.4) is 0 Å². The molecule has 3 N–H and O–H groups in total. The van der Waals surface area contributed by atoms with E-state index in [1.54, 1.807) is 42.9 Å². The summed E-state index contributed by atoms with van der Waals surface area (Å²) in [5, 5.41) is 14.3. The largest absolute Gasteiger partial charge is 0.465 e. The minimum absolute atomic E-state index is 0.518. The van der Waals surface area contributed by atoms with E-state index in [0.29, 0.717) is 17.3 Å². The average molecular weight is 321 g/mol. The Labute approximate surface area is 138 Å². The molecule has 0 saturated heterocycles. The average Bonchev–Trinajstić information content (AvgIpc) is 2.58. The molecule has 120 valence electrons. The first-order valence-corrected chi connectivity index (χ1v) is 7.23. The van der Waals surface area contributed by atoms with Crippen LogP contribution >= 0.6 is 0 Å². The van der Waals surface area contributed by atoms with E-state index < -0.39 is 6.09 Å². The third kappa shape index (κ3) is 3.64. The molecule has 3 aromatic rings. The van der Waals surface area contributed by atoms with Gasteiger partial charge in [-0.15, -0.1) is 0 Å². The molecule has 2 aromatic heterocycles. The second-order valence-corrected chi connectivity index (χ2v) is 5.09. The van der Waals surface area contributed by atoms with Crippen molar-refractivity contribution in [3.8, 4) is 11.4 Å². The van der Waals surface area contributed by atoms with Crippen LogP contribution in [0.1, 0.15) is 5.56 Å². The Hall–Kier alpha value is -3.48. The summed E-state index contributed by atoms with van der Waals surface area (Å²) in [6.45, 7) is 1.89. The molecule has 0 radical (unpaired) electrons. The molecule has 24 heavy (non-hydrogen) atoms. The Bertz CT molecular complexity index is 868. The van der Waals surface area contributed by atoms with Crippen molar-refractivity contribution >= 4 is 23.3 Å². The van der Waals surface area contributed by atoms with Crippen molar-refractivity contribution in [1.82, 2.24) is 15.0 Å². The number of carbonyl (C=O) groups is 1. The zero-order chi connectivity index (χ0) is 16.9. The van der Waals surface area contributed by atoms with E-state index in [2.05, 4.69) is 25.6 Å². The SMILES string of the molecule is Cc1cc(NC(=O)O)ccc1Nc1ccnc(-c2cccnc2)n1. The van der Waals surface area contributed by atoms with Gasteiger partial charge in [-0.05, 0) is 48.9 Å². The van der Waals surface area contributed by atoms with E-state index in [9.17, 15) is 4.79 Å². The highest BCUT2D eigenvalue weighted by atomic mass is 16.4. The standard InChI is InChI=1S/C17H15N5O2/c1-11-9-13(20-17(23)24)4-5-14(11)21-15-6-8-19-16(22-15)12-3-2-7-18-10-12/h2-10,20H,1H3,(H,23,24)(H,19,21,22). The van der Waals surface area contributed by atoms with Crippen molar-refractivity contribution in [2.45, 2.75) is 6.92 Å². The third-order valence-electron chi connectivity index (χ3n) is 3.32. The lowest BCUT2D eigenvalue weighted by molar-refractivity contribution is 0.210. The molecule has 0 aliphatic heterocycles. The van der Waals surface area contributed by atoms with Crippen molar-refractivity contribution in [1.29, 1.82) is 0 Å². The molecule has 0 bridgehead atoms. The number of aryl methyl sites for hydroxylation is 1. The number of hydrogen-bond acceptors (Lipinski definition) is 5. The third-order valence-corrected chi connectivity index (χ3v) is 3.32. The highest BCUT2D eigenvalue weighted by Gasteiger charge is 2.06. The second-order valence-electron chi connectivity index (χ2n) is 5.09. The molecule has 0 unspecified atom stereocenters. The summed E-state index contributed by atoms with van der Waals surface area (Å²) in [4.78, 5) is 23.5. The van der Waals surface area contributed by atoms with Crippen molar-refractivity contribution in [3.05, 3.63) is 60.6 Å². The molecule has 7 nitrogen and oxygen atoms in total. The van der Waals surface area contributed by atoms with Gasteiger partial charge in [0, 0.05) is 35.5 Å². The summed E-state index contributed by atoms with van der Waals surface area (Å²) in [6, 6.07) is 10.7. The van der Waals surface area contributed by atoms with Gasteiger partial charge in [-0.2, -0.15) is 0 Å². The predicted octanol–water partition coefficient (Wildman–Crippen LogP) is 3.68. The number of amides is 1. The maximum absolute atomic E-state index is 10.7. The molecule has 1 aromatic carbocycles. The van der Waals surface area contributed by atoms with E-state index in [1.807, 2.05) is 19.1 Å². The molecule has 0 fully saturated rings. The topological polar surface area (TPSA) is 100 Å². The molecular weight excluding hydrogens is 306 g/mol. The molecular formula is C17H15N5O2. The quantitative estimate of drug-likeness (QED) is 0.678. The van der Waals surface area contributed by atoms with Gasteiger partial charge in [0.15, 0.2) is 5.82 Å². The van der Waals surface area contributed by atoms with Crippen LogP contribution in [0.4, 0.5) is 22.0 Å². The number of pyridine rings is 1. The lowest BCUT2D eigenvalue weighted by Gasteiger charge is -2.11. The first-order valence-electron chi connectivity index (χ1n) is 7.23. The molecule has 2 heterocycles. The van der Waals surface area contributed by atoms with Crippen LogP contribution in [-0.2, 0) is 0 Å². The van der Waals surface area contributed by atoms with E-state index in [4.69, 9.17) is 5.11 Å². The van der Waals surface area contributed by atoms with Gasteiger partial charge in [0.05, 0.1) is 0 Å². The molecule has 0 saturated carbocycles. The fourth-order valence-corrected chi connectivity index (χ4v) is 2.21. The van der Waals surface area contributed by atoms with Crippen LogP contribution in [0.5, 0.6) is 0 Å². The minimum atomic E-state index is -1.09. The van der Waals surface area contributed by atoms with Crippen molar-refractivity contribution in [2.24, 2.45) is 0 Å². The molecule has 0 aliphatic rings. The molecule has 0 spiro atoms. The van der Waals surface area contributed by atoms with Gasteiger partial charge in [-0.1, -0.05) is 0 Å². The van der Waals surface area contributed by atoms with Crippen LogP contribution < -0.4 is 10.6 Å². The lowest BCUT2D eigenvalue weighted by atomic mass is 10.1. The number of aromatic nitrogens is 3. The predicted molar refractivity (Wildman–Crippen MR) is 91.4 cm³/mol. The normalized spacial score (nSPS) is 10.2. The Balaban J connectivity index is 1.83. The maximum Gasteiger partial charge on any atom is 0.409 e. The summed E-state index contributed by atoms with van der Waals surface area (Å²) in [5.41, 5.74) is 3.08. The van der Waals surface area contributed by atoms with E-state index in [-0.39, 0.29) is 0 Å². The van der Waals surface area contributed by atoms with Gasteiger partial charge >= 0.3 is 6.09 Å². The molecule has 7 heteroatoms. The molecule has 1 amide bonds. The van der Waals surface area contributed by atoms with Gasteiger partial charge in [0.25, 0.3) is 0 Å². The van der Waals surface area contributed by atoms with Crippen LogP contribution in [0.15, 0.2) is 55.0 Å². The number of carboxylic acid groups (broad SMARTS) is 1. The Kier molecular flexibility index (Phi) is 4.33. The van der Waals surface area contributed by atoms with Crippen LogP contribution in [-0.4, -0.2) is 26.2 Å². The van der Waals surface area contributed by atoms with Gasteiger partial charge < -0.3 is 10.4 Å². The van der Waals surface area contributed by atoms with Crippen LogP contribution in [0.25, 0.3) is 11.4 Å². The van der Waals surface area contributed by atoms with Gasteiger partial charge in [-0.3, -0.25) is 10.3 Å². The van der Waals surface area contributed by atoms with Crippen LogP contribution in [0.2, 0.25) is 0 Å². The fourth-order valence-electron chi connectivity index (χ4n) is 2.21. The second kappa shape index (κ2) is 6.74. The van der Waals surface area contributed by atoms with Gasteiger partial charge in [0.1, 0.15) is 5.82 Å². The fraction of sp³-hybridized carbons (Fsp3) is 0.0588. The van der Waals surface area contributed by atoms with Gasteiger partial charge in [-0.25, -0.2) is 14.8 Å². The molecule has 3 rings (SSSR count). The van der Waals surface area contributed by atoms with E-state index >= 15 is 0 Å². The summed E-state index contributed by atoms with van der Waals surface area (Å²) in [6.07, 6.45) is 3.98. The zero-order valence-corrected chi connectivity index (χ0v) is 12.9. The minimum Gasteiger partial charge on any atom is -0.465 e. The Morgan fingerprint density at radius 2 is 2.04 bits per heavy atom. The summed E-state index contributed by atoms with van der Waals surface area (Å²) in [5.74, 6) is 1.22. The lowest BCUT2D eigenvalue weighted by Crippen LogP contribution is -2.07. The van der Waals surface area contributed by atoms with E-state index in [1.165, 1.54) is 0 Å². The number of nitrogens with zero attached hydrogens (tertiary/aromatic N) is 3. The number of benzene rings is 1. The van der Waals surface area contributed by atoms with Crippen molar-refractivity contribution < 1.29 is 9.90 Å². The number of rotatable bonds is 4. The number of nitrogens with one attached hydrogen (secondary N) is 2. The first kappa shape index (κ1) is 15.4. The van der Waals surface area contributed by atoms with E-state index in [0.717, 1.165) is 16.8 Å². The van der Waals surface area contributed by atoms with Crippen LogP contribution in [0, 0.1) is 6.92 Å². The number of hydrogen-bond donors (Lipinski definition) is 3. The highest BCUT2D eigenvalue weighted by molar-refractivity contribution is 5.83. The van der Waals surface area contributed by atoms with Gasteiger partial charge in [0.2, 0.25) is 0 Å². The van der Waals surface area contributed by atoms with Crippen molar-refractivity contribution in [3.63, 3.8) is 0 Å². The monoisotopic (exact) mass is 321 g/mol. The number of anilines is 3. The Morgan fingerprint density at radius 3 is 2.75 bits per heavy atom. The summed E-state index contributed by atoms with van der Waals surface area (Å²) < 4.78 is 0. The van der Waals surface area contributed by atoms with Crippen molar-refractivity contribution in [2.75, 3.05) is 10.6 Å². The smallest absolute Gasteiger partial charge is 0.409 e. The first-order chi connectivity index (χ1) is 11.6. The highest BCUT2D eigenvalue weighted by Crippen LogP contribution is 2.23. The molecule has 0 aliphatic carbocycles.